The van der Waals surface area contributed by atoms with Crippen LogP contribution in [0, 0.1) is 17.8 Å². The first-order valence-electron chi connectivity index (χ1n) is 7.70. The van der Waals surface area contributed by atoms with Crippen LogP contribution in [0.15, 0.2) is 0 Å². The van der Waals surface area contributed by atoms with E-state index in [1.165, 1.54) is 0 Å². The lowest BCUT2D eigenvalue weighted by Crippen LogP contribution is -2.57. The third-order valence-corrected chi connectivity index (χ3v) is 5.04. The smallest absolute Gasteiger partial charge is 0.326 e. The largest absolute Gasteiger partial charge is 0.480 e. The number of carbonyl (C=O) groups is 2. The number of rotatable bonds is 1. The third-order valence-electron chi connectivity index (χ3n) is 5.04. The molecule has 2 rings (SSSR count). The zero-order valence-electron chi connectivity index (χ0n) is 12.7. The fraction of sp³-hybridized carbons (Fsp3) is 0.867. The van der Waals surface area contributed by atoms with Crippen molar-refractivity contribution in [2.45, 2.75) is 46.1 Å². The number of amides is 2. The molecule has 0 aliphatic carbocycles. The molecule has 0 aromatic heterocycles. The first-order chi connectivity index (χ1) is 9.41. The lowest BCUT2D eigenvalue weighted by atomic mass is 9.88. The average Bonchev–Trinajstić information content (AvgIpc) is 2.40. The van der Waals surface area contributed by atoms with Gasteiger partial charge in [-0.1, -0.05) is 20.8 Å². The SMILES string of the molecule is CC1CCN(C(=O)N2CCCC(C)C2C(=O)O)CC1C. The van der Waals surface area contributed by atoms with Gasteiger partial charge in [-0.2, -0.15) is 0 Å². The van der Waals surface area contributed by atoms with E-state index in [1.54, 1.807) is 4.90 Å². The molecule has 4 unspecified atom stereocenters. The molecule has 0 saturated carbocycles. The highest BCUT2D eigenvalue weighted by Crippen LogP contribution is 2.28. The van der Waals surface area contributed by atoms with Crippen LogP contribution in [0.5, 0.6) is 0 Å². The van der Waals surface area contributed by atoms with Gasteiger partial charge in [0.1, 0.15) is 6.04 Å². The number of likely N-dealkylation sites (tertiary alicyclic amines) is 2. The van der Waals surface area contributed by atoms with Gasteiger partial charge in [0.2, 0.25) is 0 Å². The first-order valence-corrected chi connectivity index (χ1v) is 7.70. The van der Waals surface area contributed by atoms with Gasteiger partial charge in [-0.25, -0.2) is 9.59 Å². The Balaban J connectivity index is 2.08. The molecule has 0 spiro atoms. The molecule has 2 aliphatic heterocycles. The standard InChI is InChI=1S/C15H26N2O3/c1-10-6-8-16(9-12(10)3)15(20)17-7-4-5-11(2)13(17)14(18)19/h10-13H,4-9H2,1-3H3,(H,18,19). The zero-order chi connectivity index (χ0) is 14.9. The molecule has 0 aromatic carbocycles. The molecule has 2 heterocycles. The van der Waals surface area contributed by atoms with Gasteiger partial charge >= 0.3 is 12.0 Å². The number of carbonyl (C=O) groups excluding carboxylic acids is 1. The minimum absolute atomic E-state index is 0.0336. The van der Waals surface area contributed by atoms with Crippen molar-refractivity contribution in [3.05, 3.63) is 0 Å². The maximum absolute atomic E-state index is 12.7. The van der Waals surface area contributed by atoms with Gasteiger partial charge in [0.25, 0.3) is 0 Å². The summed E-state index contributed by atoms with van der Waals surface area (Å²) < 4.78 is 0. The van der Waals surface area contributed by atoms with Crippen LogP contribution < -0.4 is 0 Å². The molecule has 2 saturated heterocycles. The number of aliphatic carboxylic acids is 1. The Labute approximate surface area is 120 Å². The van der Waals surface area contributed by atoms with Crippen molar-refractivity contribution in [2.24, 2.45) is 17.8 Å². The van der Waals surface area contributed by atoms with Gasteiger partial charge in [0, 0.05) is 19.6 Å². The Morgan fingerprint density at radius 3 is 2.30 bits per heavy atom. The third kappa shape index (κ3) is 2.91. The number of carboxylic acid groups (broad SMARTS) is 1. The summed E-state index contributed by atoms with van der Waals surface area (Å²) in [5, 5.41) is 9.41. The van der Waals surface area contributed by atoms with E-state index in [2.05, 4.69) is 13.8 Å². The van der Waals surface area contributed by atoms with Crippen LogP contribution in [-0.2, 0) is 4.79 Å². The van der Waals surface area contributed by atoms with E-state index in [4.69, 9.17) is 0 Å². The van der Waals surface area contributed by atoms with E-state index in [0.717, 1.165) is 32.4 Å². The molecule has 0 radical (unpaired) electrons. The molecular formula is C15H26N2O3. The Kier molecular flexibility index (Phi) is 4.55. The summed E-state index contributed by atoms with van der Waals surface area (Å²) in [5.41, 5.74) is 0. The summed E-state index contributed by atoms with van der Waals surface area (Å²) >= 11 is 0. The van der Waals surface area contributed by atoms with Crippen molar-refractivity contribution in [3.63, 3.8) is 0 Å². The maximum atomic E-state index is 12.7. The fourth-order valence-corrected chi connectivity index (χ4v) is 3.40. The van der Waals surface area contributed by atoms with Crippen LogP contribution in [0.1, 0.15) is 40.0 Å². The molecule has 20 heavy (non-hydrogen) atoms. The van der Waals surface area contributed by atoms with E-state index >= 15 is 0 Å². The first kappa shape index (κ1) is 15.1. The van der Waals surface area contributed by atoms with Gasteiger partial charge < -0.3 is 14.9 Å². The molecule has 2 fully saturated rings. The summed E-state index contributed by atoms with van der Waals surface area (Å²) in [6.45, 7) is 8.38. The van der Waals surface area contributed by atoms with Crippen molar-refractivity contribution in [1.82, 2.24) is 9.80 Å². The number of piperidine rings is 2. The summed E-state index contributed by atoms with van der Waals surface area (Å²) in [7, 11) is 0. The van der Waals surface area contributed by atoms with Crippen LogP contribution in [0.4, 0.5) is 4.79 Å². The van der Waals surface area contributed by atoms with Crippen LogP contribution >= 0.6 is 0 Å². The molecule has 0 bridgehead atoms. The number of nitrogens with zero attached hydrogens (tertiary/aromatic N) is 2. The number of urea groups is 1. The second kappa shape index (κ2) is 6.02. The quantitative estimate of drug-likeness (QED) is 0.802. The fourth-order valence-electron chi connectivity index (χ4n) is 3.40. The van der Waals surface area contributed by atoms with Crippen molar-refractivity contribution >= 4 is 12.0 Å². The van der Waals surface area contributed by atoms with Gasteiger partial charge in [0.05, 0.1) is 0 Å². The molecule has 5 heteroatoms. The predicted molar refractivity (Wildman–Crippen MR) is 76.4 cm³/mol. The molecule has 2 amide bonds. The molecule has 4 atom stereocenters. The highest BCUT2D eigenvalue weighted by atomic mass is 16.4. The van der Waals surface area contributed by atoms with E-state index in [1.807, 2.05) is 11.8 Å². The molecule has 0 aromatic rings. The molecule has 2 aliphatic rings. The Bertz CT molecular complexity index is 385. The van der Waals surface area contributed by atoms with Crippen LogP contribution in [0.2, 0.25) is 0 Å². The maximum Gasteiger partial charge on any atom is 0.326 e. The topological polar surface area (TPSA) is 60.9 Å². The van der Waals surface area contributed by atoms with E-state index in [-0.39, 0.29) is 11.9 Å². The van der Waals surface area contributed by atoms with E-state index in [9.17, 15) is 14.7 Å². The summed E-state index contributed by atoms with van der Waals surface area (Å²) in [6, 6.07) is -0.742. The molecule has 114 valence electrons. The lowest BCUT2D eigenvalue weighted by Gasteiger charge is -2.43. The Morgan fingerprint density at radius 2 is 1.70 bits per heavy atom. The summed E-state index contributed by atoms with van der Waals surface area (Å²) in [5.74, 6) is 0.281. The monoisotopic (exact) mass is 282 g/mol. The van der Waals surface area contributed by atoms with Crippen LogP contribution in [-0.4, -0.2) is 52.6 Å². The number of carboxylic acids is 1. The summed E-state index contributed by atoms with van der Waals surface area (Å²) in [6.07, 6.45) is 2.79. The number of hydrogen-bond acceptors (Lipinski definition) is 2. The minimum Gasteiger partial charge on any atom is -0.480 e. The highest BCUT2D eigenvalue weighted by molar-refractivity contribution is 5.83. The van der Waals surface area contributed by atoms with Crippen LogP contribution in [0.25, 0.3) is 0 Å². The van der Waals surface area contributed by atoms with Gasteiger partial charge in [0.15, 0.2) is 0 Å². The molecule has 5 nitrogen and oxygen atoms in total. The highest BCUT2D eigenvalue weighted by Gasteiger charge is 2.39. The van der Waals surface area contributed by atoms with Gasteiger partial charge in [-0.15, -0.1) is 0 Å². The lowest BCUT2D eigenvalue weighted by molar-refractivity contribution is -0.145. The normalized spacial score (nSPS) is 35.0. The predicted octanol–water partition coefficient (Wildman–Crippen LogP) is 2.27. The zero-order valence-corrected chi connectivity index (χ0v) is 12.7. The van der Waals surface area contributed by atoms with Gasteiger partial charge in [-0.3, -0.25) is 0 Å². The second-order valence-corrected chi connectivity index (χ2v) is 6.57. The van der Waals surface area contributed by atoms with Crippen molar-refractivity contribution in [2.75, 3.05) is 19.6 Å². The van der Waals surface area contributed by atoms with Crippen LogP contribution in [0.3, 0.4) is 0 Å². The van der Waals surface area contributed by atoms with Gasteiger partial charge in [-0.05, 0) is 37.0 Å². The minimum atomic E-state index is -0.871. The van der Waals surface area contributed by atoms with E-state index in [0.29, 0.717) is 18.4 Å². The average molecular weight is 282 g/mol. The van der Waals surface area contributed by atoms with E-state index < -0.39 is 12.0 Å². The molecular weight excluding hydrogens is 256 g/mol. The summed E-state index contributed by atoms with van der Waals surface area (Å²) in [4.78, 5) is 27.5. The Morgan fingerprint density at radius 1 is 1.00 bits per heavy atom. The Hall–Kier alpha value is -1.26. The molecule has 1 N–H and O–H groups in total. The van der Waals surface area contributed by atoms with Crippen molar-refractivity contribution in [3.8, 4) is 0 Å². The second-order valence-electron chi connectivity index (χ2n) is 6.57. The van der Waals surface area contributed by atoms with Crippen molar-refractivity contribution < 1.29 is 14.7 Å². The number of hydrogen-bond donors (Lipinski definition) is 1. The van der Waals surface area contributed by atoms with Crippen molar-refractivity contribution in [1.29, 1.82) is 0 Å².